The van der Waals surface area contributed by atoms with Crippen LogP contribution in [0.4, 0.5) is 0 Å². The summed E-state index contributed by atoms with van der Waals surface area (Å²) < 4.78 is 16.8. The lowest BCUT2D eigenvalue weighted by Crippen LogP contribution is -2.30. The van der Waals surface area contributed by atoms with Crippen LogP contribution in [0.1, 0.15) is 374 Å². The van der Waals surface area contributed by atoms with Crippen LogP contribution >= 0.6 is 0 Å². The molecule has 0 rings (SSSR count). The lowest BCUT2D eigenvalue weighted by atomic mass is 10.0. The fourth-order valence-corrected chi connectivity index (χ4v) is 10.0. The molecule has 0 fully saturated rings. The number of carbonyl (C=O) groups excluding carboxylic acids is 3. The maximum atomic E-state index is 12.8. The summed E-state index contributed by atoms with van der Waals surface area (Å²) in [6.45, 7) is 6.64. The summed E-state index contributed by atoms with van der Waals surface area (Å²) in [7, 11) is 0. The largest absolute Gasteiger partial charge is 0.462 e. The minimum Gasteiger partial charge on any atom is -0.462 e. The van der Waals surface area contributed by atoms with Crippen molar-refractivity contribution in [2.45, 2.75) is 380 Å². The second-order valence-electron chi connectivity index (χ2n) is 22.1. The summed E-state index contributed by atoms with van der Waals surface area (Å²) in [5.41, 5.74) is 0. The van der Waals surface area contributed by atoms with E-state index in [0.717, 1.165) is 64.2 Å². The topological polar surface area (TPSA) is 78.9 Å². The molecular formula is C64H124O6. The summed E-state index contributed by atoms with van der Waals surface area (Å²) >= 11 is 0. The van der Waals surface area contributed by atoms with Crippen molar-refractivity contribution in [3.63, 3.8) is 0 Å². The van der Waals surface area contributed by atoms with Crippen LogP contribution in [0.2, 0.25) is 0 Å². The van der Waals surface area contributed by atoms with Crippen LogP contribution < -0.4 is 0 Å². The Kier molecular flexibility index (Phi) is 58.6. The molecule has 0 amide bonds. The molecule has 1 unspecified atom stereocenters. The van der Waals surface area contributed by atoms with Gasteiger partial charge in [-0.1, -0.05) is 335 Å². The number of esters is 3. The van der Waals surface area contributed by atoms with Crippen LogP contribution in [-0.4, -0.2) is 37.2 Å². The molecule has 0 aliphatic rings. The van der Waals surface area contributed by atoms with E-state index in [1.54, 1.807) is 0 Å². The smallest absolute Gasteiger partial charge is 0.306 e. The average molecular weight is 990 g/mol. The third-order valence-electron chi connectivity index (χ3n) is 14.9. The fraction of sp³-hybridized carbons (Fsp3) is 0.953. The van der Waals surface area contributed by atoms with Crippen molar-refractivity contribution >= 4 is 17.9 Å². The molecule has 0 aromatic carbocycles. The van der Waals surface area contributed by atoms with Gasteiger partial charge in [0.2, 0.25) is 0 Å². The average Bonchev–Trinajstić information content (AvgIpc) is 3.36. The van der Waals surface area contributed by atoms with Gasteiger partial charge < -0.3 is 14.2 Å². The predicted octanol–water partition coefficient (Wildman–Crippen LogP) is 21.5. The number of ether oxygens (including phenoxy) is 3. The third kappa shape index (κ3) is 57.3. The van der Waals surface area contributed by atoms with E-state index in [2.05, 4.69) is 20.8 Å². The maximum absolute atomic E-state index is 12.8. The highest BCUT2D eigenvalue weighted by Crippen LogP contribution is 2.19. The lowest BCUT2D eigenvalue weighted by molar-refractivity contribution is -0.167. The molecule has 6 nitrogen and oxygen atoms in total. The summed E-state index contributed by atoms with van der Waals surface area (Å²) in [6, 6.07) is 0. The summed E-state index contributed by atoms with van der Waals surface area (Å²) in [5, 5.41) is 0. The Morgan fingerprint density at radius 1 is 0.229 bits per heavy atom. The highest BCUT2D eigenvalue weighted by atomic mass is 16.6. The minimum atomic E-state index is -0.760. The summed E-state index contributed by atoms with van der Waals surface area (Å²) in [6.07, 6.45) is 68.9. The molecule has 0 aliphatic carbocycles. The number of rotatable bonds is 60. The SMILES string of the molecule is CCCCCCCCCCCCCCCCCCCCCCCCCCCC(=O)OCC(COC(=O)CCCCCCC)OC(=O)CCCCCCCCCCCCCCCCCCCCCCCC. The van der Waals surface area contributed by atoms with Gasteiger partial charge in [0.15, 0.2) is 6.10 Å². The second-order valence-corrected chi connectivity index (χ2v) is 22.1. The Morgan fingerprint density at radius 3 is 0.571 bits per heavy atom. The second kappa shape index (κ2) is 60.0. The monoisotopic (exact) mass is 989 g/mol. The molecule has 0 aromatic heterocycles. The van der Waals surface area contributed by atoms with E-state index in [0.29, 0.717) is 19.3 Å². The fourth-order valence-electron chi connectivity index (χ4n) is 10.0. The van der Waals surface area contributed by atoms with Gasteiger partial charge in [0.05, 0.1) is 0 Å². The molecular weight excluding hydrogens is 865 g/mol. The molecule has 1 atom stereocenters. The first-order valence-electron chi connectivity index (χ1n) is 32.0. The first-order chi connectivity index (χ1) is 34.5. The molecule has 0 aromatic rings. The van der Waals surface area contributed by atoms with Crippen LogP contribution in [0, 0.1) is 0 Å². The van der Waals surface area contributed by atoms with Gasteiger partial charge in [-0.05, 0) is 19.3 Å². The van der Waals surface area contributed by atoms with Crippen LogP contribution in [0.25, 0.3) is 0 Å². The van der Waals surface area contributed by atoms with Crippen molar-refractivity contribution < 1.29 is 28.6 Å². The molecule has 0 aliphatic heterocycles. The van der Waals surface area contributed by atoms with Gasteiger partial charge in [-0.2, -0.15) is 0 Å². The molecule has 0 bridgehead atoms. The third-order valence-corrected chi connectivity index (χ3v) is 14.9. The number of unbranched alkanes of at least 4 members (excludes halogenated alkanes) is 49. The standard InChI is InChI=1S/C64H124O6/c1-4-7-10-13-15-17-19-21-23-25-27-29-31-32-33-35-36-38-40-42-44-46-48-51-54-57-63(66)69-60-61(59-68-62(65)56-53-50-12-9-6-3)70-64(67)58-55-52-49-47-45-43-41-39-37-34-30-28-26-24-22-20-18-16-14-11-8-5-2/h61H,4-60H2,1-3H3. The Labute approximate surface area is 438 Å². The van der Waals surface area contributed by atoms with Crippen LogP contribution in [-0.2, 0) is 28.6 Å². The van der Waals surface area contributed by atoms with Gasteiger partial charge in [-0.15, -0.1) is 0 Å². The zero-order valence-electron chi connectivity index (χ0n) is 47.8. The van der Waals surface area contributed by atoms with Crippen molar-refractivity contribution in [2.75, 3.05) is 13.2 Å². The molecule has 6 heteroatoms. The van der Waals surface area contributed by atoms with E-state index in [9.17, 15) is 14.4 Å². The number of hydrogen-bond acceptors (Lipinski definition) is 6. The van der Waals surface area contributed by atoms with Crippen LogP contribution in [0.3, 0.4) is 0 Å². The van der Waals surface area contributed by atoms with Gasteiger partial charge in [-0.25, -0.2) is 0 Å². The molecule has 0 N–H and O–H groups in total. The first-order valence-corrected chi connectivity index (χ1v) is 32.0. The van der Waals surface area contributed by atoms with Crippen molar-refractivity contribution in [3.05, 3.63) is 0 Å². The van der Waals surface area contributed by atoms with Crippen molar-refractivity contribution in [3.8, 4) is 0 Å². The normalized spacial score (nSPS) is 11.9. The molecule has 70 heavy (non-hydrogen) atoms. The van der Waals surface area contributed by atoms with E-state index >= 15 is 0 Å². The van der Waals surface area contributed by atoms with Gasteiger partial charge in [0.25, 0.3) is 0 Å². The molecule has 0 heterocycles. The Bertz CT molecular complexity index is 1040. The molecule has 416 valence electrons. The first kappa shape index (κ1) is 68.4. The van der Waals surface area contributed by atoms with Crippen LogP contribution in [0.15, 0.2) is 0 Å². The Morgan fingerprint density at radius 2 is 0.386 bits per heavy atom. The van der Waals surface area contributed by atoms with Crippen molar-refractivity contribution in [1.82, 2.24) is 0 Å². The zero-order chi connectivity index (χ0) is 50.7. The highest BCUT2D eigenvalue weighted by molar-refractivity contribution is 5.71. The van der Waals surface area contributed by atoms with Crippen molar-refractivity contribution in [2.24, 2.45) is 0 Å². The summed E-state index contributed by atoms with van der Waals surface area (Å²) in [4.78, 5) is 37.9. The quantitative estimate of drug-likeness (QED) is 0.0343. The molecule has 0 spiro atoms. The summed E-state index contributed by atoms with van der Waals surface area (Å²) in [5.74, 6) is -0.846. The molecule has 0 saturated carbocycles. The Hall–Kier alpha value is -1.59. The van der Waals surface area contributed by atoms with E-state index < -0.39 is 6.10 Å². The minimum absolute atomic E-state index is 0.0624. The van der Waals surface area contributed by atoms with E-state index in [1.165, 1.54) is 270 Å². The van der Waals surface area contributed by atoms with E-state index in [1.807, 2.05) is 0 Å². The van der Waals surface area contributed by atoms with E-state index in [-0.39, 0.29) is 31.1 Å². The maximum Gasteiger partial charge on any atom is 0.306 e. The van der Waals surface area contributed by atoms with E-state index in [4.69, 9.17) is 14.2 Å². The zero-order valence-corrected chi connectivity index (χ0v) is 47.8. The van der Waals surface area contributed by atoms with Gasteiger partial charge in [0, 0.05) is 19.3 Å². The number of hydrogen-bond donors (Lipinski definition) is 0. The van der Waals surface area contributed by atoms with Gasteiger partial charge >= 0.3 is 17.9 Å². The lowest BCUT2D eigenvalue weighted by Gasteiger charge is -2.18. The number of carbonyl (C=O) groups is 3. The van der Waals surface area contributed by atoms with Gasteiger partial charge in [0.1, 0.15) is 13.2 Å². The molecule has 0 radical (unpaired) electrons. The Balaban J connectivity index is 3.95. The highest BCUT2D eigenvalue weighted by Gasteiger charge is 2.19. The van der Waals surface area contributed by atoms with Crippen LogP contribution in [0.5, 0.6) is 0 Å². The molecule has 0 saturated heterocycles. The van der Waals surface area contributed by atoms with Crippen molar-refractivity contribution in [1.29, 1.82) is 0 Å². The van der Waals surface area contributed by atoms with Gasteiger partial charge in [-0.3, -0.25) is 14.4 Å². The predicted molar refractivity (Wildman–Crippen MR) is 303 cm³/mol.